The predicted molar refractivity (Wildman–Crippen MR) is 41.8 cm³/mol. The Hall–Kier alpha value is -1.78. The second kappa shape index (κ2) is 1.85. The number of pyridine rings is 1. The van der Waals surface area contributed by atoms with Gasteiger partial charge in [0.15, 0.2) is 5.65 Å². The lowest BCUT2D eigenvalue weighted by molar-refractivity contribution is 0.981. The zero-order chi connectivity index (χ0) is 7.84. The molecule has 0 atom stereocenters. The molecule has 56 valence electrons. The van der Waals surface area contributed by atoms with Crippen molar-refractivity contribution in [1.29, 1.82) is 0 Å². The molecule has 2 rings (SSSR count). The third-order valence-corrected chi connectivity index (χ3v) is 1.41. The lowest BCUT2D eigenvalue weighted by atomic mass is 10.4. The van der Waals surface area contributed by atoms with E-state index in [1.807, 2.05) is 0 Å². The van der Waals surface area contributed by atoms with E-state index >= 15 is 0 Å². The summed E-state index contributed by atoms with van der Waals surface area (Å²) >= 11 is 0. The molecule has 0 aromatic carbocycles. The minimum atomic E-state index is 0.239. The van der Waals surface area contributed by atoms with E-state index in [1.54, 1.807) is 18.2 Å². The summed E-state index contributed by atoms with van der Waals surface area (Å²) in [7, 11) is 0. The molecule has 0 amide bonds. The Kier molecular flexibility index (Phi) is 1.00. The second-order valence-electron chi connectivity index (χ2n) is 2.19. The van der Waals surface area contributed by atoms with Crippen molar-refractivity contribution in [2.45, 2.75) is 0 Å². The van der Waals surface area contributed by atoms with Crippen molar-refractivity contribution in [3.8, 4) is 0 Å². The number of hydrogen-bond acceptors (Lipinski definition) is 4. The van der Waals surface area contributed by atoms with Crippen molar-refractivity contribution in [1.82, 2.24) is 14.6 Å². The summed E-state index contributed by atoms with van der Waals surface area (Å²) in [4.78, 5) is 3.92. The number of hydrogen-bond donors (Lipinski definition) is 2. The van der Waals surface area contributed by atoms with Gasteiger partial charge in [-0.1, -0.05) is 6.07 Å². The van der Waals surface area contributed by atoms with E-state index < -0.39 is 0 Å². The maximum atomic E-state index is 5.57. The standard InChI is InChI=1S/C6H7N5/c7-4-2-1-3-5-9-6(8)10-11(4)5/h1-3H,7H2,(H2,8,10). The largest absolute Gasteiger partial charge is 0.384 e. The molecule has 2 aromatic heterocycles. The average Bonchev–Trinajstić information content (AvgIpc) is 2.31. The Morgan fingerprint density at radius 1 is 1.27 bits per heavy atom. The zero-order valence-corrected chi connectivity index (χ0v) is 5.73. The smallest absolute Gasteiger partial charge is 0.240 e. The molecule has 0 bridgehead atoms. The molecule has 0 aliphatic heterocycles. The highest BCUT2D eigenvalue weighted by Crippen LogP contribution is 2.06. The monoisotopic (exact) mass is 149 g/mol. The van der Waals surface area contributed by atoms with E-state index in [0.717, 1.165) is 0 Å². The van der Waals surface area contributed by atoms with Crippen LogP contribution >= 0.6 is 0 Å². The highest BCUT2D eigenvalue weighted by atomic mass is 15.3. The SMILES string of the molecule is Nc1nc2cccc(N)n2n1. The molecule has 0 fully saturated rings. The van der Waals surface area contributed by atoms with Gasteiger partial charge in [-0.3, -0.25) is 0 Å². The average molecular weight is 149 g/mol. The molecule has 2 heterocycles. The summed E-state index contributed by atoms with van der Waals surface area (Å²) in [6.45, 7) is 0. The van der Waals surface area contributed by atoms with Gasteiger partial charge in [-0.25, -0.2) is 0 Å². The first-order chi connectivity index (χ1) is 5.27. The fraction of sp³-hybridized carbons (Fsp3) is 0. The Bertz CT molecular complexity index is 391. The molecule has 0 spiro atoms. The molecular weight excluding hydrogens is 142 g/mol. The maximum absolute atomic E-state index is 5.57. The van der Waals surface area contributed by atoms with Crippen LogP contribution in [0, 0.1) is 0 Å². The van der Waals surface area contributed by atoms with Crippen molar-refractivity contribution in [3.05, 3.63) is 18.2 Å². The number of rotatable bonds is 0. The van der Waals surface area contributed by atoms with Gasteiger partial charge in [0, 0.05) is 0 Å². The van der Waals surface area contributed by atoms with Crippen LogP contribution in [0.25, 0.3) is 5.65 Å². The molecule has 0 aliphatic rings. The van der Waals surface area contributed by atoms with Crippen molar-refractivity contribution in [2.75, 3.05) is 11.5 Å². The second-order valence-corrected chi connectivity index (χ2v) is 2.19. The van der Waals surface area contributed by atoms with Crippen LogP contribution < -0.4 is 11.5 Å². The van der Waals surface area contributed by atoms with Crippen molar-refractivity contribution in [3.63, 3.8) is 0 Å². The number of nitrogen functional groups attached to an aromatic ring is 2. The number of aromatic nitrogens is 3. The molecule has 5 nitrogen and oxygen atoms in total. The van der Waals surface area contributed by atoms with Gasteiger partial charge in [0.2, 0.25) is 5.95 Å². The van der Waals surface area contributed by atoms with Crippen LogP contribution in [-0.2, 0) is 0 Å². The predicted octanol–water partition coefficient (Wildman–Crippen LogP) is -0.106. The van der Waals surface area contributed by atoms with Gasteiger partial charge in [0.25, 0.3) is 0 Å². The van der Waals surface area contributed by atoms with Crippen LogP contribution in [-0.4, -0.2) is 14.6 Å². The van der Waals surface area contributed by atoms with E-state index in [4.69, 9.17) is 11.5 Å². The molecule has 0 radical (unpaired) electrons. The van der Waals surface area contributed by atoms with Gasteiger partial charge in [-0.2, -0.15) is 9.50 Å². The minimum absolute atomic E-state index is 0.239. The van der Waals surface area contributed by atoms with E-state index in [2.05, 4.69) is 10.1 Å². The lowest BCUT2D eigenvalue weighted by Gasteiger charge is -1.93. The molecule has 4 N–H and O–H groups in total. The highest BCUT2D eigenvalue weighted by molar-refractivity contribution is 5.48. The van der Waals surface area contributed by atoms with E-state index in [-0.39, 0.29) is 5.95 Å². The van der Waals surface area contributed by atoms with Crippen LogP contribution in [0.3, 0.4) is 0 Å². The third kappa shape index (κ3) is 0.778. The van der Waals surface area contributed by atoms with Gasteiger partial charge in [0.05, 0.1) is 0 Å². The first kappa shape index (κ1) is 5.96. The fourth-order valence-electron chi connectivity index (χ4n) is 0.942. The van der Waals surface area contributed by atoms with Gasteiger partial charge in [-0.05, 0) is 12.1 Å². The number of fused-ring (bicyclic) bond motifs is 1. The van der Waals surface area contributed by atoms with Crippen molar-refractivity contribution >= 4 is 17.4 Å². The first-order valence-electron chi connectivity index (χ1n) is 3.14. The van der Waals surface area contributed by atoms with Crippen LogP contribution in [0.4, 0.5) is 11.8 Å². The van der Waals surface area contributed by atoms with Crippen LogP contribution in [0.1, 0.15) is 0 Å². The van der Waals surface area contributed by atoms with Gasteiger partial charge < -0.3 is 11.5 Å². The zero-order valence-electron chi connectivity index (χ0n) is 5.73. The topological polar surface area (TPSA) is 82.2 Å². The summed E-state index contributed by atoms with van der Waals surface area (Å²) in [6.07, 6.45) is 0. The van der Waals surface area contributed by atoms with Crippen molar-refractivity contribution in [2.24, 2.45) is 0 Å². The summed E-state index contributed by atoms with van der Waals surface area (Å²) in [5, 5.41) is 3.87. The summed E-state index contributed by atoms with van der Waals surface area (Å²) in [5.74, 6) is 0.773. The molecule has 2 aromatic rings. The van der Waals surface area contributed by atoms with Gasteiger partial charge in [0.1, 0.15) is 5.82 Å². The lowest BCUT2D eigenvalue weighted by Crippen LogP contribution is -1.97. The van der Waals surface area contributed by atoms with Crippen LogP contribution in [0.5, 0.6) is 0 Å². The van der Waals surface area contributed by atoms with E-state index in [0.29, 0.717) is 11.5 Å². The quantitative estimate of drug-likeness (QED) is 0.547. The molecule has 0 saturated heterocycles. The minimum Gasteiger partial charge on any atom is -0.384 e. The first-order valence-corrected chi connectivity index (χ1v) is 3.14. The molecule has 0 unspecified atom stereocenters. The summed E-state index contributed by atoms with van der Waals surface area (Å²) in [5.41, 5.74) is 11.6. The highest BCUT2D eigenvalue weighted by Gasteiger charge is 1.99. The van der Waals surface area contributed by atoms with Crippen molar-refractivity contribution < 1.29 is 0 Å². The molecular formula is C6H7N5. The number of nitrogens with zero attached hydrogens (tertiary/aromatic N) is 3. The Morgan fingerprint density at radius 3 is 2.82 bits per heavy atom. The summed E-state index contributed by atoms with van der Waals surface area (Å²) in [6, 6.07) is 5.33. The Morgan fingerprint density at radius 2 is 2.09 bits per heavy atom. The fourth-order valence-corrected chi connectivity index (χ4v) is 0.942. The number of nitrogens with two attached hydrogens (primary N) is 2. The molecule has 0 saturated carbocycles. The summed E-state index contributed by atoms with van der Waals surface area (Å²) < 4.78 is 1.50. The van der Waals surface area contributed by atoms with Crippen LogP contribution in [0.15, 0.2) is 18.2 Å². The molecule has 0 aliphatic carbocycles. The normalized spacial score (nSPS) is 10.5. The third-order valence-electron chi connectivity index (χ3n) is 1.41. The van der Waals surface area contributed by atoms with E-state index in [9.17, 15) is 0 Å². The maximum Gasteiger partial charge on any atom is 0.240 e. The Balaban J connectivity index is 2.90. The molecule has 11 heavy (non-hydrogen) atoms. The number of anilines is 2. The van der Waals surface area contributed by atoms with Gasteiger partial charge >= 0.3 is 0 Å². The van der Waals surface area contributed by atoms with Crippen LogP contribution in [0.2, 0.25) is 0 Å². The molecule has 5 heteroatoms. The Labute approximate surface area is 62.6 Å². The van der Waals surface area contributed by atoms with Gasteiger partial charge in [-0.15, -0.1) is 5.10 Å². The van der Waals surface area contributed by atoms with E-state index in [1.165, 1.54) is 4.52 Å².